The number of rotatable bonds is 32. The van der Waals surface area contributed by atoms with Gasteiger partial charge in [0.1, 0.15) is 0 Å². The van der Waals surface area contributed by atoms with Crippen molar-refractivity contribution < 1.29 is 0 Å². The Morgan fingerprint density at radius 2 is 0.478 bits per heavy atom. The molecule has 2 heterocycles. The Labute approximate surface area is 572 Å². The third-order valence-corrected chi connectivity index (χ3v) is 21.4. The van der Waals surface area contributed by atoms with Gasteiger partial charge in [-0.05, 0) is 228 Å². The topological polar surface area (TPSA) is 6.48 Å². The maximum Gasteiger partial charge on any atom is 0.0743 e. The van der Waals surface area contributed by atoms with Crippen LogP contribution in [0, 0.1) is 0 Å². The predicted octanol–water partition coefficient (Wildman–Crippen LogP) is 26.7. The molecular weight excluding hydrogens is 1240 g/mol. The third-order valence-electron chi connectivity index (χ3n) is 20.5. The lowest BCUT2D eigenvalue weighted by Crippen LogP contribution is -2.41. The van der Waals surface area contributed by atoms with Crippen LogP contribution in [0.5, 0.6) is 0 Å². The summed E-state index contributed by atoms with van der Waals surface area (Å²) in [5.74, 6) is 0. The van der Waals surface area contributed by atoms with Gasteiger partial charge in [-0.15, -0.1) is 0 Å². The summed E-state index contributed by atoms with van der Waals surface area (Å²) in [6.07, 6.45) is 31.0. The second-order valence-electron chi connectivity index (χ2n) is 27.0. The molecule has 2 aliphatic heterocycles. The third kappa shape index (κ3) is 14.3. The summed E-state index contributed by atoms with van der Waals surface area (Å²) in [5, 5.41) is 0. The van der Waals surface area contributed by atoms with E-state index in [-0.39, 0.29) is 0 Å². The second-order valence-corrected chi connectivity index (χ2v) is 28.8. The summed E-state index contributed by atoms with van der Waals surface area (Å²) < 4.78 is 2.14. The Bertz CT molecular complexity index is 3420. The van der Waals surface area contributed by atoms with Crippen LogP contribution < -0.4 is 9.80 Å². The molecule has 92 heavy (non-hydrogen) atoms. The molecule has 0 saturated carbocycles. The molecule has 2 nitrogen and oxygen atoms in total. The van der Waals surface area contributed by atoms with E-state index in [1.807, 2.05) is 0 Å². The first-order chi connectivity index (χ1) is 45.2. The molecule has 2 aliphatic rings. The Balaban J connectivity index is 1.28. The molecule has 0 amide bonds. The van der Waals surface area contributed by atoms with Crippen molar-refractivity contribution in [2.75, 3.05) is 9.80 Å². The lowest BCUT2D eigenvalue weighted by atomic mass is 9.59. The molecule has 11 rings (SSSR count). The van der Waals surface area contributed by atoms with Crippen molar-refractivity contribution in [3.05, 3.63) is 281 Å². The molecule has 0 atom stereocenters. The largest absolute Gasteiger partial charge is 0.310 e. The van der Waals surface area contributed by atoms with Crippen LogP contribution in [0.3, 0.4) is 0 Å². The van der Waals surface area contributed by atoms with Crippen LogP contribution in [0.4, 0.5) is 34.1 Å². The summed E-state index contributed by atoms with van der Waals surface area (Å²) in [6.45, 7) is 13.9. The molecule has 0 aliphatic carbocycles. The normalized spacial score (nSPS) is 13.6. The van der Waals surface area contributed by atoms with E-state index in [2.05, 4.69) is 277 Å². The van der Waals surface area contributed by atoms with Gasteiger partial charge in [-0.2, -0.15) is 0 Å². The highest BCUT2D eigenvalue weighted by Crippen LogP contribution is 2.64. The lowest BCUT2D eigenvalue weighted by molar-refractivity contribution is 0.665. The predicted molar refractivity (Wildman–Crippen MR) is 404 cm³/mol. The fourth-order valence-electron chi connectivity index (χ4n) is 15.3. The molecule has 478 valence electrons. The fraction of sp³-hybridized carbons (Fsp3) is 0.386. The van der Waals surface area contributed by atoms with Crippen LogP contribution in [0.15, 0.2) is 203 Å². The Morgan fingerprint density at radius 1 is 0.239 bits per heavy atom. The number of anilines is 6. The van der Waals surface area contributed by atoms with Gasteiger partial charge < -0.3 is 9.80 Å². The van der Waals surface area contributed by atoms with Crippen LogP contribution in [0.1, 0.15) is 248 Å². The second kappa shape index (κ2) is 32.1. The van der Waals surface area contributed by atoms with Crippen LogP contribution in [0.25, 0.3) is 0 Å². The fourth-order valence-corrected chi connectivity index (χ4v) is 16.1. The summed E-state index contributed by atoms with van der Waals surface area (Å²) >= 11 is 8.35. The molecule has 0 unspecified atom stereocenters. The molecule has 9 aromatic rings. The van der Waals surface area contributed by atoms with Gasteiger partial charge in [-0.1, -0.05) is 285 Å². The minimum absolute atomic E-state index is 0.764. The van der Waals surface area contributed by atoms with E-state index in [0.29, 0.717) is 0 Å². The van der Waals surface area contributed by atoms with Crippen molar-refractivity contribution in [2.24, 2.45) is 0 Å². The monoisotopic (exact) mass is 1340 g/mol. The average molecular weight is 1350 g/mol. The molecule has 0 N–H and O–H groups in total. The van der Waals surface area contributed by atoms with E-state index in [1.54, 1.807) is 0 Å². The van der Waals surface area contributed by atoms with Crippen LogP contribution >= 0.6 is 31.9 Å². The molecule has 9 aromatic carbocycles. The minimum Gasteiger partial charge on any atom is -0.310 e. The molecule has 4 heteroatoms. The number of fused-ring (bicyclic) bond motifs is 4. The summed E-state index contributed by atoms with van der Waals surface area (Å²) in [5.41, 5.74) is 24.2. The van der Waals surface area contributed by atoms with Gasteiger partial charge in [-0.3, -0.25) is 0 Å². The highest BCUT2D eigenvalue weighted by molar-refractivity contribution is 9.10. The zero-order valence-electron chi connectivity index (χ0n) is 56.5. The SMILES string of the molecule is CCCCCCc1ccc(C2(c3ccc(CCCCCC)cc3)c3cc(Br)ccc3N(c3ccc(CCCC)cc3)c3cc4c(cc32)N(c2ccc(CCCC)cc2)c2ccc(Br)cc2C4(c2ccc(CCCCCC)cc2)c2ccc(CCCCCC)cc2)cc1. The van der Waals surface area contributed by atoms with Crippen molar-refractivity contribution in [3.8, 4) is 0 Å². The van der Waals surface area contributed by atoms with Gasteiger partial charge in [0.2, 0.25) is 0 Å². The highest BCUT2D eigenvalue weighted by Gasteiger charge is 2.52. The van der Waals surface area contributed by atoms with E-state index in [4.69, 9.17) is 0 Å². The zero-order valence-corrected chi connectivity index (χ0v) is 59.7. The number of aryl methyl sites for hydroxylation is 6. The molecule has 0 spiro atoms. The number of unbranched alkanes of at least 4 members (excludes halogenated alkanes) is 14. The lowest BCUT2D eigenvalue weighted by Gasteiger charge is -2.51. The van der Waals surface area contributed by atoms with E-state index in [1.165, 1.54) is 229 Å². The van der Waals surface area contributed by atoms with Gasteiger partial charge in [0, 0.05) is 20.3 Å². The molecule has 0 saturated heterocycles. The van der Waals surface area contributed by atoms with Crippen LogP contribution in [-0.4, -0.2) is 0 Å². The minimum atomic E-state index is -0.764. The molecule has 0 aromatic heterocycles. The van der Waals surface area contributed by atoms with Gasteiger partial charge in [0.25, 0.3) is 0 Å². The van der Waals surface area contributed by atoms with Crippen molar-refractivity contribution in [2.45, 2.75) is 219 Å². The van der Waals surface area contributed by atoms with E-state index in [9.17, 15) is 0 Å². The standard InChI is InChI=1S/C88H102Br2N2/c1-7-13-19-23-29-67-33-45-71(46-34-67)87(72-47-35-68(36-48-72)30-24-20-14-8-2)79-61-75(89)53-59-83(79)91(77-55-41-65(42-56-77)27-17-11-5)85-64-82-86(63-81(85)87)92(78-57-43-66(44-58-78)28-18-12-6)84-60-54-76(90)62-80(84)88(82,73-49-37-69(38-50-73)31-25-21-15-9-3)74-51-39-70(40-52-74)32-26-22-16-10-4/h33-64H,7-32H2,1-6H3. The Kier molecular flexibility index (Phi) is 23.4. The van der Waals surface area contributed by atoms with E-state index in [0.717, 1.165) is 58.8 Å². The van der Waals surface area contributed by atoms with E-state index < -0.39 is 10.8 Å². The van der Waals surface area contributed by atoms with Crippen molar-refractivity contribution in [1.29, 1.82) is 0 Å². The van der Waals surface area contributed by atoms with E-state index >= 15 is 0 Å². The van der Waals surface area contributed by atoms with Crippen LogP contribution in [-0.2, 0) is 49.4 Å². The number of halogens is 2. The first kappa shape index (κ1) is 67.0. The van der Waals surface area contributed by atoms with Gasteiger partial charge in [0.05, 0.1) is 33.6 Å². The number of hydrogen-bond donors (Lipinski definition) is 0. The first-order valence-electron chi connectivity index (χ1n) is 36.1. The van der Waals surface area contributed by atoms with Gasteiger partial charge in [-0.25, -0.2) is 0 Å². The van der Waals surface area contributed by atoms with Gasteiger partial charge in [0.15, 0.2) is 0 Å². The highest BCUT2D eigenvalue weighted by atomic mass is 79.9. The number of nitrogens with zero attached hydrogens (tertiary/aromatic N) is 2. The summed E-state index contributed by atoms with van der Waals surface area (Å²) in [4.78, 5) is 5.30. The average Bonchev–Trinajstić information content (AvgIpc) is 0.677. The molecular formula is C88H102Br2N2. The number of benzene rings is 9. The van der Waals surface area contributed by atoms with Crippen molar-refractivity contribution in [1.82, 2.24) is 0 Å². The smallest absolute Gasteiger partial charge is 0.0743 e. The maximum atomic E-state index is 4.18. The Hall–Kier alpha value is -6.46. The summed E-state index contributed by atoms with van der Waals surface area (Å²) in [6, 6.07) is 78.8. The van der Waals surface area contributed by atoms with Crippen molar-refractivity contribution in [3.63, 3.8) is 0 Å². The number of hydrogen-bond acceptors (Lipinski definition) is 2. The van der Waals surface area contributed by atoms with Crippen molar-refractivity contribution >= 4 is 66.0 Å². The first-order valence-corrected chi connectivity index (χ1v) is 37.7. The molecule has 0 fully saturated rings. The Morgan fingerprint density at radius 3 is 0.739 bits per heavy atom. The zero-order chi connectivity index (χ0) is 63.9. The molecule has 0 radical (unpaired) electrons. The van der Waals surface area contributed by atoms with Gasteiger partial charge >= 0.3 is 0 Å². The summed E-state index contributed by atoms with van der Waals surface area (Å²) in [7, 11) is 0. The molecule has 0 bridgehead atoms. The van der Waals surface area contributed by atoms with Crippen LogP contribution in [0.2, 0.25) is 0 Å². The quantitative estimate of drug-likeness (QED) is 0.0388. The maximum absolute atomic E-state index is 4.18.